The van der Waals surface area contributed by atoms with Gasteiger partial charge >= 0.3 is 0 Å². The SMILES string of the molecule is CCc1cc(N2CC(N3CCCCC3)C2)nc(N2CCOCC2)n1. The molecule has 0 aromatic carbocycles. The number of aromatic nitrogens is 2. The lowest BCUT2D eigenvalue weighted by atomic mass is 10.0. The Morgan fingerprint density at radius 2 is 1.75 bits per heavy atom. The summed E-state index contributed by atoms with van der Waals surface area (Å²) in [7, 11) is 0. The van der Waals surface area contributed by atoms with Gasteiger partial charge in [0.1, 0.15) is 5.82 Å². The molecule has 4 rings (SSSR count). The van der Waals surface area contributed by atoms with Gasteiger partial charge in [-0.25, -0.2) is 4.98 Å². The zero-order valence-corrected chi connectivity index (χ0v) is 14.8. The average Bonchev–Trinajstić information content (AvgIpc) is 2.62. The normalized spacial score (nSPS) is 23.4. The maximum atomic E-state index is 5.46. The van der Waals surface area contributed by atoms with E-state index in [0.29, 0.717) is 0 Å². The van der Waals surface area contributed by atoms with Gasteiger partial charge in [0.2, 0.25) is 5.95 Å². The van der Waals surface area contributed by atoms with E-state index in [1.807, 2.05) is 0 Å². The molecule has 0 saturated carbocycles. The summed E-state index contributed by atoms with van der Waals surface area (Å²) in [6.45, 7) is 10.3. The predicted octanol–water partition coefficient (Wildman–Crippen LogP) is 1.55. The third-order valence-corrected chi connectivity index (χ3v) is 5.50. The molecule has 6 nitrogen and oxygen atoms in total. The van der Waals surface area contributed by atoms with Gasteiger partial charge in [-0.05, 0) is 32.4 Å². The van der Waals surface area contributed by atoms with Crippen molar-refractivity contribution < 1.29 is 4.74 Å². The van der Waals surface area contributed by atoms with E-state index in [2.05, 4.69) is 27.7 Å². The van der Waals surface area contributed by atoms with E-state index in [1.54, 1.807) is 0 Å². The third kappa shape index (κ3) is 3.35. The summed E-state index contributed by atoms with van der Waals surface area (Å²) in [5.74, 6) is 1.99. The average molecular weight is 331 g/mol. The second-order valence-electron chi connectivity index (χ2n) is 7.13. The standard InChI is InChI=1S/C18H29N5O/c1-2-15-12-17(20-18(19-15)22-8-10-24-11-9-22)23-13-16(14-23)21-6-4-3-5-7-21/h12,16H,2-11,13-14H2,1H3. The molecule has 132 valence electrons. The molecule has 0 radical (unpaired) electrons. The highest BCUT2D eigenvalue weighted by molar-refractivity contribution is 5.49. The topological polar surface area (TPSA) is 44.7 Å². The summed E-state index contributed by atoms with van der Waals surface area (Å²) in [5, 5.41) is 0. The van der Waals surface area contributed by atoms with Crippen molar-refractivity contribution in [1.82, 2.24) is 14.9 Å². The summed E-state index contributed by atoms with van der Waals surface area (Å²) in [5.41, 5.74) is 1.14. The van der Waals surface area contributed by atoms with Crippen molar-refractivity contribution >= 4 is 11.8 Å². The number of hydrogen-bond acceptors (Lipinski definition) is 6. The Balaban J connectivity index is 1.45. The fourth-order valence-corrected chi connectivity index (χ4v) is 3.87. The Kier molecular flexibility index (Phi) is 4.85. The first-order valence-corrected chi connectivity index (χ1v) is 9.53. The minimum Gasteiger partial charge on any atom is -0.378 e. The van der Waals surface area contributed by atoms with Gasteiger partial charge < -0.3 is 14.5 Å². The largest absolute Gasteiger partial charge is 0.378 e. The second kappa shape index (κ2) is 7.23. The quantitative estimate of drug-likeness (QED) is 0.834. The van der Waals surface area contributed by atoms with Crippen molar-refractivity contribution in [2.24, 2.45) is 0 Å². The molecule has 1 aromatic heterocycles. The van der Waals surface area contributed by atoms with Gasteiger partial charge in [0, 0.05) is 44.0 Å². The molecule has 6 heteroatoms. The first-order valence-electron chi connectivity index (χ1n) is 9.53. The third-order valence-electron chi connectivity index (χ3n) is 5.50. The van der Waals surface area contributed by atoms with Gasteiger partial charge in [-0.1, -0.05) is 13.3 Å². The number of nitrogens with zero attached hydrogens (tertiary/aromatic N) is 5. The van der Waals surface area contributed by atoms with Crippen molar-refractivity contribution in [2.45, 2.75) is 38.6 Å². The van der Waals surface area contributed by atoms with Gasteiger partial charge in [-0.3, -0.25) is 4.90 Å². The molecular formula is C18H29N5O. The lowest BCUT2D eigenvalue weighted by Crippen LogP contribution is -2.60. The molecule has 3 aliphatic heterocycles. The zero-order chi connectivity index (χ0) is 16.4. The van der Waals surface area contributed by atoms with Crippen LogP contribution in [-0.4, -0.2) is 73.4 Å². The number of likely N-dealkylation sites (tertiary alicyclic amines) is 1. The predicted molar refractivity (Wildman–Crippen MR) is 95.9 cm³/mol. The Morgan fingerprint density at radius 1 is 1.00 bits per heavy atom. The van der Waals surface area contributed by atoms with Gasteiger partial charge in [-0.2, -0.15) is 4.98 Å². The molecule has 0 aliphatic carbocycles. The van der Waals surface area contributed by atoms with Crippen LogP contribution in [0.15, 0.2) is 6.07 Å². The Morgan fingerprint density at radius 3 is 2.46 bits per heavy atom. The number of aryl methyl sites for hydroxylation is 1. The van der Waals surface area contributed by atoms with Crippen LogP contribution in [0.4, 0.5) is 11.8 Å². The second-order valence-corrected chi connectivity index (χ2v) is 7.13. The number of anilines is 2. The van der Waals surface area contributed by atoms with Crippen LogP contribution in [0.5, 0.6) is 0 Å². The molecule has 3 saturated heterocycles. The van der Waals surface area contributed by atoms with Crippen molar-refractivity contribution in [3.63, 3.8) is 0 Å². The number of morpholine rings is 1. The number of piperidine rings is 1. The summed E-state index contributed by atoms with van der Waals surface area (Å²) in [6.07, 6.45) is 5.09. The lowest BCUT2D eigenvalue weighted by molar-refractivity contribution is 0.122. The molecule has 3 fully saturated rings. The first-order chi connectivity index (χ1) is 11.8. The van der Waals surface area contributed by atoms with Crippen LogP contribution >= 0.6 is 0 Å². The molecular weight excluding hydrogens is 302 g/mol. The molecule has 0 spiro atoms. The fourth-order valence-electron chi connectivity index (χ4n) is 3.87. The highest BCUT2D eigenvalue weighted by atomic mass is 16.5. The monoisotopic (exact) mass is 331 g/mol. The van der Waals surface area contributed by atoms with Crippen LogP contribution in [-0.2, 0) is 11.2 Å². The lowest BCUT2D eigenvalue weighted by Gasteiger charge is -2.47. The Hall–Kier alpha value is -1.40. The molecule has 3 aliphatic rings. The summed E-state index contributed by atoms with van der Waals surface area (Å²) in [6, 6.07) is 2.90. The van der Waals surface area contributed by atoms with Crippen molar-refractivity contribution in [2.75, 3.05) is 62.3 Å². The Bertz CT molecular complexity index is 548. The molecule has 0 amide bonds. The van der Waals surface area contributed by atoms with Gasteiger partial charge in [0.15, 0.2) is 0 Å². The number of hydrogen-bond donors (Lipinski definition) is 0. The highest BCUT2D eigenvalue weighted by Crippen LogP contribution is 2.26. The smallest absolute Gasteiger partial charge is 0.227 e. The number of rotatable bonds is 4. The maximum absolute atomic E-state index is 5.46. The van der Waals surface area contributed by atoms with Crippen LogP contribution in [0.2, 0.25) is 0 Å². The highest BCUT2D eigenvalue weighted by Gasteiger charge is 2.33. The molecule has 0 unspecified atom stereocenters. The summed E-state index contributed by atoms with van der Waals surface area (Å²) in [4.78, 5) is 17.0. The van der Waals surface area contributed by atoms with E-state index >= 15 is 0 Å². The minimum absolute atomic E-state index is 0.720. The first kappa shape index (κ1) is 16.1. The van der Waals surface area contributed by atoms with Crippen molar-refractivity contribution in [1.29, 1.82) is 0 Å². The van der Waals surface area contributed by atoms with E-state index in [9.17, 15) is 0 Å². The molecule has 0 atom stereocenters. The molecule has 1 aromatic rings. The molecule has 4 heterocycles. The van der Waals surface area contributed by atoms with Crippen molar-refractivity contribution in [3.8, 4) is 0 Å². The Labute approximate surface area is 144 Å². The van der Waals surface area contributed by atoms with E-state index in [4.69, 9.17) is 14.7 Å². The van der Waals surface area contributed by atoms with E-state index in [-0.39, 0.29) is 0 Å². The zero-order valence-electron chi connectivity index (χ0n) is 14.8. The van der Waals surface area contributed by atoms with Gasteiger partial charge in [0.25, 0.3) is 0 Å². The van der Waals surface area contributed by atoms with Crippen molar-refractivity contribution in [3.05, 3.63) is 11.8 Å². The molecule has 0 N–H and O–H groups in total. The molecule has 0 bridgehead atoms. The van der Waals surface area contributed by atoms with Crippen LogP contribution in [0.3, 0.4) is 0 Å². The summed E-state index contributed by atoms with van der Waals surface area (Å²) < 4.78 is 5.46. The maximum Gasteiger partial charge on any atom is 0.227 e. The van der Waals surface area contributed by atoms with Crippen LogP contribution in [0, 0.1) is 0 Å². The fraction of sp³-hybridized carbons (Fsp3) is 0.778. The number of ether oxygens (including phenoxy) is 1. The van der Waals surface area contributed by atoms with Gasteiger partial charge in [-0.15, -0.1) is 0 Å². The van der Waals surface area contributed by atoms with Crippen LogP contribution < -0.4 is 9.80 Å². The minimum atomic E-state index is 0.720. The molecule has 24 heavy (non-hydrogen) atoms. The van der Waals surface area contributed by atoms with Gasteiger partial charge in [0.05, 0.1) is 13.2 Å². The van der Waals surface area contributed by atoms with E-state index in [0.717, 1.165) is 69.3 Å². The van der Waals surface area contributed by atoms with Crippen LogP contribution in [0.25, 0.3) is 0 Å². The van der Waals surface area contributed by atoms with E-state index < -0.39 is 0 Å². The summed E-state index contributed by atoms with van der Waals surface area (Å²) >= 11 is 0. The van der Waals surface area contributed by atoms with E-state index in [1.165, 1.54) is 32.4 Å². The van der Waals surface area contributed by atoms with Crippen LogP contribution in [0.1, 0.15) is 31.9 Å².